The molecule has 0 atom stereocenters. The number of nitrogens with zero attached hydrogens (tertiary/aromatic N) is 2. The third kappa shape index (κ3) is 5.60. The van der Waals surface area contributed by atoms with E-state index in [-0.39, 0.29) is 6.09 Å². The molecule has 2 N–H and O–H groups in total. The maximum absolute atomic E-state index is 12.0. The third-order valence-electron chi connectivity index (χ3n) is 3.89. The highest BCUT2D eigenvalue weighted by Gasteiger charge is 2.25. The summed E-state index contributed by atoms with van der Waals surface area (Å²) in [5.74, 6) is 0.872. The Bertz CT molecular complexity index is 561. The lowest BCUT2D eigenvalue weighted by molar-refractivity contribution is 0.0137. The molecular weight excluding hydrogens is 306 g/mol. The average molecular weight is 335 g/mol. The van der Waals surface area contributed by atoms with E-state index in [1.165, 1.54) is 0 Å². The van der Waals surface area contributed by atoms with Crippen molar-refractivity contribution < 1.29 is 14.3 Å². The number of nitrogens with two attached hydrogens (primary N) is 1. The summed E-state index contributed by atoms with van der Waals surface area (Å²) in [6.45, 7) is 12.2. The molecule has 1 heterocycles. The summed E-state index contributed by atoms with van der Waals surface area (Å²) in [5, 5.41) is 0. The second-order valence-electron chi connectivity index (χ2n) is 7.18. The number of amides is 1. The van der Waals surface area contributed by atoms with Crippen molar-refractivity contribution >= 4 is 11.8 Å². The molecule has 1 amide bonds. The quantitative estimate of drug-likeness (QED) is 0.856. The summed E-state index contributed by atoms with van der Waals surface area (Å²) in [4.78, 5) is 16.1. The van der Waals surface area contributed by atoms with Crippen LogP contribution in [0.3, 0.4) is 0 Å². The SMILES string of the molecule is Cc1cc(N)ccc1OCCN1CCN(C(=O)OC(C)(C)C)CC1. The second-order valence-corrected chi connectivity index (χ2v) is 7.18. The first kappa shape index (κ1) is 18.4. The van der Waals surface area contributed by atoms with Gasteiger partial charge in [0.05, 0.1) is 0 Å². The molecule has 134 valence electrons. The first-order chi connectivity index (χ1) is 11.2. The van der Waals surface area contributed by atoms with Crippen molar-refractivity contribution in [1.29, 1.82) is 0 Å². The van der Waals surface area contributed by atoms with E-state index in [1.54, 1.807) is 4.90 Å². The van der Waals surface area contributed by atoms with Gasteiger partial charge in [0.1, 0.15) is 18.0 Å². The molecule has 1 fully saturated rings. The van der Waals surface area contributed by atoms with Crippen LogP contribution < -0.4 is 10.5 Å². The zero-order valence-corrected chi connectivity index (χ0v) is 15.2. The van der Waals surface area contributed by atoms with Crippen LogP contribution >= 0.6 is 0 Å². The Morgan fingerprint density at radius 3 is 2.46 bits per heavy atom. The van der Waals surface area contributed by atoms with Gasteiger partial charge in [0.25, 0.3) is 0 Å². The van der Waals surface area contributed by atoms with Gasteiger partial charge in [0, 0.05) is 38.4 Å². The minimum absolute atomic E-state index is 0.226. The number of ether oxygens (including phenoxy) is 2. The first-order valence-electron chi connectivity index (χ1n) is 8.44. The van der Waals surface area contributed by atoms with Crippen LogP contribution in [0, 0.1) is 6.92 Å². The largest absolute Gasteiger partial charge is 0.492 e. The third-order valence-corrected chi connectivity index (χ3v) is 3.89. The van der Waals surface area contributed by atoms with E-state index in [0.29, 0.717) is 19.7 Å². The van der Waals surface area contributed by atoms with Gasteiger partial charge in [-0.3, -0.25) is 4.90 Å². The zero-order valence-electron chi connectivity index (χ0n) is 15.2. The zero-order chi connectivity index (χ0) is 17.7. The molecule has 0 bridgehead atoms. The Hall–Kier alpha value is -1.95. The van der Waals surface area contributed by atoms with Crippen molar-refractivity contribution in [3.05, 3.63) is 23.8 Å². The molecule has 6 heteroatoms. The number of benzene rings is 1. The van der Waals surface area contributed by atoms with Crippen LogP contribution in [0.25, 0.3) is 0 Å². The van der Waals surface area contributed by atoms with Gasteiger partial charge in [0.2, 0.25) is 0 Å². The van der Waals surface area contributed by atoms with Gasteiger partial charge >= 0.3 is 6.09 Å². The number of piperazine rings is 1. The number of rotatable bonds is 4. The molecule has 0 aliphatic carbocycles. The van der Waals surface area contributed by atoms with Crippen LogP contribution in [0.4, 0.5) is 10.5 Å². The molecule has 24 heavy (non-hydrogen) atoms. The Morgan fingerprint density at radius 1 is 1.21 bits per heavy atom. The first-order valence-corrected chi connectivity index (χ1v) is 8.44. The summed E-state index contributed by atoms with van der Waals surface area (Å²) in [7, 11) is 0. The van der Waals surface area contributed by atoms with Crippen molar-refractivity contribution in [2.45, 2.75) is 33.3 Å². The molecule has 0 spiro atoms. The molecule has 0 radical (unpaired) electrons. The maximum atomic E-state index is 12.0. The average Bonchev–Trinajstić information content (AvgIpc) is 2.48. The summed E-state index contributed by atoms with van der Waals surface area (Å²) in [6.07, 6.45) is -0.226. The number of carbonyl (C=O) groups is 1. The minimum atomic E-state index is -0.445. The van der Waals surface area contributed by atoms with Gasteiger partial charge in [-0.1, -0.05) is 0 Å². The lowest BCUT2D eigenvalue weighted by Crippen LogP contribution is -2.50. The molecule has 0 unspecified atom stereocenters. The molecule has 2 rings (SSSR count). The van der Waals surface area contributed by atoms with Crippen LogP contribution in [0.2, 0.25) is 0 Å². The minimum Gasteiger partial charge on any atom is -0.492 e. The molecule has 1 aromatic rings. The van der Waals surface area contributed by atoms with Gasteiger partial charge in [0.15, 0.2) is 0 Å². The van der Waals surface area contributed by atoms with Gasteiger partial charge < -0.3 is 20.1 Å². The van der Waals surface area contributed by atoms with Crippen LogP contribution in [-0.4, -0.2) is 60.8 Å². The molecular formula is C18H29N3O3. The Balaban J connectivity index is 1.70. The number of aryl methyl sites for hydroxylation is 1. The number of nitrogen functional groups attached to an aromatic ring is 1. The lowest BCUT2D eigenvalue weighted by Gasteiger charge is -2.35. The van der Waals surface area contributed by atoms with E-state index >= 15 is 0 Å². The van der Waals surface area contributed by atoms with Crippen molar-refractivity contribution in [2.75, 3.05) is 45.1 Å². The Labute approximate surface area is 144 Å². The Morgan fingerprint density at radius 2 is 1.88 bits per heavy atom. The van der Waals surface area contributed by atoms with Crippen LogP contribution in [0.5, 0.6) is 5.75 Å². The van der Waals surface area contributed by atoms with E-state index in [1.807, 2.05) is 45.9 Å². The standard InChI is InChI=1S/C18H29N3O3/c1-14-13-15(19)5-6-16(14)23-12-11-20-7-9-21(10-8-20)17(22)24-18(2,3)4/h5-6,13H,7-12,19H2,1-4H3. The highest BCUT2D eigenvalue weighted by molar-refractivity contribution is 5.68. The lowest BCUT2D eigenvalue weighted by atomic mass is 10.2. The molecule has 6 nitrogen and oxygen atoms in total. The number of hydrogen-bond donors (Lipinski definition) is 1. The maximum Gasteiger partial charge on any atom is 0.410 e. The highest BCUT2D eigenvalue weighted by atomic mass is 16.6. The highest BCUT2D eigenvalue weighted by Crippen LogP contribution is 2.20. The summed E-state index contributed by atoms with van der Waals surface area (Å²) < 4.78 is 11.2. The van der Waals surface area contributed by atoms with Crippen molar-refractivity contribution in [3.63, 3.8) is 0 Å². The molecule has 1 aliphatic rings. The van der Waals surface area contributed by atoms with E-state index in [4.69, 9.17) is 15.2 Å². The van der Waals surface area contributed by atoms with E-state index < -0.39 is 5.60 Å². The number of carbonyl (C=O) groups excluding carboxylic acids is 1. The predicted molar refractivity (Wildman–Crippen MR) is 95.3 cm³/mol. The predicted octanol–water partition coefficient (Wildman–Crippen LogP) is 2.51. The van der Waals surface area contributed by atoms with Crippen LogP contribution in [0.1, 0.15) is 26.3 Å². The summed E-state index contributed by atoms with van der Waals surface area (Å²) in [6, 6.07) is 5.67. The van der Waals surface area contributed by atoms with Gasteiger partial charge in [-0.2, -0.15) is 0 Å². The fourth-order valence-corrected chi connectivity index (χ4v) is 2.60. The van der Waals surface area contributed by atoms with Crippen LogP contribution in [-0.2, 0) is 4.74 Å². The fourth-order valence-electron chi connectivity index (χ4n) is 2.60. The molecule has 1 saturated heterocycles. The number of anilines is 1. The normalized spacial score (nSPS) is 16.1. The van der Waals surface area contributed by atoms with E-state index in [2.05, 4.69) is 4.90 Å². The summed E-state index contributed by atoms with van der Waals surface area (Å²) >= 11 is 0. The fraction of sp³-hybridized carbons (Fsp3) is 0.611. The monoisotopic (exact) mass is 335 g/mol. The van der Waals surface area contributed by atoms with Gasteiger partial charge in [-0.25, -0.2) is 4.79 Å². The number of hydrogen-bond acceptors (Lipinski definition) is 5. The molecule has 0 saturated carbocycles. The van der Waals surface area contributed by atoms with Gasteiger partial charge in [-0.05, 0) is 51.5 Å². The van der Waals surface area contributed by atoms with Crippen molar-refractivity contribution in [1.82, 2.24) is 9.80 Å². The topological polar surface area (TPSA) is 68.0 Å². The summed E-state index contributed by atoms with van der Waals surface area (Å²) in [5.41, 5.74) is 7.09. The van der Waals surface area contributed by atoms with Gasteiger partial charge in [-0.15, -0.1) is 0 Å². The Kier molecular flexibility index (Phi) is 5.94. The molecule has 0 aromatic heterocycles. The van der Waals surface area contributed by atoms with Crippen molar-refractivity contribution in [3.8, 4) is 5.75 Å². The smallest absolute Gasteiger partial charge is 0.410 e. The molecule has 1 aliphatic heterocycles. The van der Waals surface area contributed by atoms with Crippen LogP contribution in [0.15, 0.2) is 18.2 Å². The second kappa shape index (κ2) is 7.75. The molecule has 1 aromatic carbocycles. The van der Waals surface area contributed by atoms with Crippen molar-refractivity contribution in [2.24, 2.45) is 0 Å². The van der Waals surface area contributed by atoms with E-state index in [9.17, 15) is 4.79 Å². The van der Waals surface area contributed by atoms with E-state index in [0.717, 1.165) is 36.6 Å².